The highest BCUT2D eigenvalue weighted by Gasteiger charge is 2.62. The molecule has 1 saturated heterocycles. The number of hydrogen-bond acceptors (Lipinski definition) is 5. The summed E-state index contributed by atoms with van der Waals surface area (Å²) in [5, 5.41) is 0. The van der Waals surface area contributed by atoms with Gasteiger partial charge >= 0.3 is 5.97 Å². The van der Waals surface area contributed by atoms with Crippen molar-refractivity contribution >= 4 is 23.6 Å². The number of ketones is 1. The fraction of sp³-hybridized carbons (Fsp3) is 0.545. The van der Waals surface area contributed by atoms with E-state index < -0.39 is 18.6 Å². The van der Waals surface area contributed by atoms with E-state index in [4.69, 9.17) is 4.74 Å². The first kappa shape index (κ1) is 18.8. The molecule has 1 aromatic rings. The van der Waals surface area contributed by atoms with Gasteiger partial charge in [-0.1, -0.05) is 44.2 Å². The lowest BCUT2D eigenvalue weighted by Gasteiger charge is -2.28. The van der Waals surface area contributed by atoms with Crippen molar-refractivity contribution in [2.75, 3.05) is 6.61 Å². The zero-order valence-corrected chi connectivity index (χ0v) is 16.2. The second-order valence-electron chi connectivity index (χ2n) is 8.52. The Bertz CT molecular complexity index is 789. The van der Waals surface area contributed by atoms with Gasteiger partial charge in [-0.2, -0.15) is 0 Å². The molecule has 6 heteroatoms. The Labute approximate surface area is 164 Å². The summed E-state index contributed by atoms with van der Waals surface area (Å²) in [6.07, 6.45) is 2.92. The number of esters is 1. The van der Waals surface area contributed by atoms with Gasteiger partial charge in [0.1, 0.15) is 6.04 Å². The average molecular weight is 383 g/mol. The Morgan fingerprint density at radius 1 is 1.04 bits per heavy atom. The third kappa shape index (κ3) is 2.95. The Balaban J connectivity index is 1.48. The number of ether oxygens (including phenoxy) is 1. The van der Waals surface area contributed by atoms with Crippen LogP contribution in [0.5, 0.6) is 0 Å². The average Bonchev–Trinajstić information content (AvgIpc) is 3.36. The lowest BCUT2D eigenvalue weighted by Crippen LogP contribution is -2.50. The van der Waals surface area contributed by atoms with E-state index in [9.17, 15) is 19.2 Å². The molecule has 0 radical (unpaired) electrons. The van der Waals surface area contributed by atoms with Crippen molar-refractivity contribution in [1.29, 1.82) is 0 Å². The maximum absolute atomic E-state index is 13.0. The van der Waals surface area contributed by atoms with Crippen LogP contribution in [0.3, 0.4) is 0 Å². The molecule has 0 spiro atoms. The number of nitrogens with zero attached hydrogens (tertiary/aromatic N) is 1. The molecule has 2 saturated carbocycles. The first-order valence-corrected chi connectivity index (χ1v) is 10.0. The van der Waals surface area contributed by atoms with Gasteiger partial charge < -0.3 is 4.74 Å². The Hall–Kier alpha value is -2.50. The van der Waals surface area contributed by atoms with Crippen LogP contribution in [0.15, 0.2) is 30.3 Å². The summed E-state index contributed by atoms with van der Waals surface area (Å²) >= 11 is 0. The molecule has 4 rings (SSSR count). The SMILES string of the molecule is CC(C)[C@@H](C(=O)OCC(=O)c1ccccc1)N1C(=O)[C@H]2[C@@H]3CC[C@@H](C3)[C@@H]2C1=O. The van der Waals surface area contributed by atoms with Crippen molar-refractivity contribution in [3.63, 3.8) is 0 Å². The van der Waals surface area contributed by atoms with Gasteiger partial charge in [0.15, 0.2) is 12.4 Å². The lowest BCUT2D eigenvalue weighted by atomic mass is 9.81. The van der Waals surface area contributed by atoms with Gasteiger partial charge in [0.05, 0.1) is 11.8 Å². The van der Waals surface area contributed by atoms with Crippen LogP contribution in [0.4, 0.5) is 0 Å². The summed E-state index contributed by atoms with van der Waals surface area (Å²) in [5.41, 5.74) is 0.454. The molecule has 2 aliphatic carbocycles. The fourth-order valence-electron chi connectivity index (χ4n) is 5.31. The quantitative estimate of drug-likeness (QED) is 0.428. The number of fused-ring (bicyclic) bond motifs is 5. The number of amides is 2. The number of carbonyl (C=O) groups excluding carboxylic acids is 4. The molecule has 1 aromatic carbocycles. The zero-order valence-electron chi connectivity index (χ0n) is 16.2. The van der Waals surface area contributed by atoms with E-state index >= 15 is 0 Å². The lowest BCUT2D eigenvalue weighted by molar-refractivity contribution is -0.160. The highest BCUT2D eigenvalue weighted by molar-refractivity contribution is 6.09. The third-order valence-electron chi connectivity index (χ3n) is 6.55. The van der Waals surface area contributed by atoms with Gasteiger partial charge in [-0.15, -0.1) is 0 Å². The Morgan fingerprint density at radius 3 is 2.14 bits per heavy atom. The minimum absolute atomic E-state index is 0.229. The molecule has 1 aliphatic heterocycles. The second-order valence-corrected chi connectivity index (χ2v) is 8.52. The first-order valence-electron chi connectivity index (χ1n) is 10.0. The van der Waals surface area contributed by atoms with Crippen LogP contribution < -0.4 is 0 Å². The van der Waals surface area contributed by atoms with E-state index in [1.807, 2.05) is 0 Å². The molecule has 2 amide bonds. The van der Waals surface area contributed by atoms with Gasteiger partial charge in [-0.25, -0.2) is 4.79 Å². The summed E-state index contributed by atoms with van der Waals surface area (Å²) < 4.78 is 5.25. The smallest absolute Gasteiger partial charge is 0.330 e. The molecule has 148 valence electrons. The number of Topliss-reactive ketones (excluding diaryl/α,β-unsaturated/α-hetero) is 1. The molecule has 28 heavy (non-hydrogen) atoms. The second kappa shape index (κ2) is 7.15. The predicted octanol–water partition coefficient (Wildman–Crippen LogP) is 2.47. The van der Waals surface area contributed by atoms with Crippen molar-refractivity contribution in [3.05, 3.63) is 35.9 Å². The molecule has 0 unspecified atom stereocenters. The van der Waals surface area contributed by atoms with Crippen molar-refractivity contribution in [3.8, 4) is 0 Å². The minimum atomic E-state index is -0.978. The minimum Gasteiger partial charge on any atom is -0.456 e. The van der Waals surface area contributed by atoms with Gasteiger partial charge in [0.25, 0.3) is 0 Å². The molecule has 2 bridgehead atoms. The van der Waals surface area contributed by atoms with Crippen LogP contribution in [0.2, 0.25) is 0 Å². The highest BCUT2D eigenvalue weighted by atomic mass is 16.5. The van der Waals surface area contributed by atoms with Crippen LogP contribution in [-0.2, 0) is 19.1 Å². The summed E-state index contributed by atoms with van der Waals surface area (Å²) in [6.45, 7) is 3.17. The molecule has 1 heterocycles. The van der Waals surface area contributed by atoms with Gasteiger partial charge in [0.2, 0.25) is 11.8 Å². The number of benzene rings is 1. The molecular formula is C22H25NO5. The van der Waals surface area contributed by atoms with Crippen LogP contribution >= 0.6 is 0 Å². The van der Waals surface area contributed by atoms with Gasteiger partial charge in [-0.3, -0.25) is 19.3 Å². The van der Waals surface area contributed by atoms with Crippen molar-refractivity contribution < 1.29 is 23.9 Å². The number of imide groups is 1. The van der Waals surface area contributed by atoms with Crippen LogP contribution in [0.1, 0.15) is 43.5 Å². The summed E-state index contributed by atoms with van der Waals surface area (Å²) in [5.74, 6) is -1.76. The largest absolute Gasteiger partial charge is 0.456 e. The standard InChI is InChI=1S/C22H25NO5/c1-12(2)19(22(27)28-11-16(24)13-6-4-3-5-7-13)23-20(25)17-14-8-9-15(10-14)18(17)21(23)26/h3-7,12,14-15,17-19H,8-11H2,1-2H3/t14-,15+,17-,18-,19-/m0/s1. The molecule has 0 N–H and O–H groups in total. The van der Waals surface area contributed by atoms with E-state index in [1.54, 1.807) is 44.2 Å². The number of likely N-dealkylation sites (tertiary alicyclic amines) is 1. The molecule has 5 atom stereocenters. The van der Waals surface area contributed by atoms with E-state index in [-0.39, 0.29) is 47.2 Å². The number of rotatable bonds is 6. The molecule has 3 aliphatic rings. The van der Waals surface area contributed by atoms with Crippen molar-refractivity contribution in [1.82, 2.24) is 4.90 Å². The zero-order chi connectivity index (χ0) is 20.0. The normalized spacial score (nSPS) is 29.3. The third-order valence-corrected chi connectivity index (χ3v) is 6.55. The van der Waals surface area contributed by atoms with E-state index in [1.165, 1.54) is 0 Å². The highest BCUT2D eigenvalue weighted by Crippen LogP contribution is 2.56. The monoisotopic (exact) mass is 383 g/mol. The summed E-state index contributed by atoms with van der Waals surface area (Å²) in [6, 6.07) is 7.60. The van der Waals surface area contributed by atoms with Crippen LogP contribution in [0.25, 0.3) is 0 Å². The van der Waals surface area contributed by atoms with Gasteiger partial charge in [-0.05, 0) is 37.0 Å². The van der Waals surface area contributed by atoms with Crippen molar-refractivity contribution in [2.45, 2.75) is 39.2 Å². The first-order chi connectivity index (χ1) is 13.4. The summed E-state index contributed by atoms with van der Waals surface area (Å²) in [4.78, 5) is 52.2. The van der Waals surface area contributed by atoms with Gasteiger partial charge in [0, 0.05) is 5.56 Å². The number of carbonyl (C=O) groups is 4. The molecule has 3 fully saturated rings. The Morgan fingerprint density at radius 2 is 1.61 bits per heavy atom. The predicted molar refractivity (Wildman–Crippen MR) is 100 cm³/mol. The van der Waals surface area contributed by atoms with E-state index in [0.717, 1.165) is 24.2 Å². The topological polar surface area (TPSA) is 80.8 Å². The van der Waals surface area contributed by atoms with Crippen molar-refractivity contribution in [2.24, 2.45) is 29.6 Å². The van der Waals surface area contributed by atoms with E-state index in [2.05, 4.69) is 0 Å². The van der Waals surface area contributed by atoms with E-state index in [0.29, 0.717) is 5.56 Å². The number of hydrogen-bond donors (Lipinski definition) is 0. The maximum Gasteiger partial charge on any atom is 0.330 e. The fourth-order valence-corrected chi connectivity index (χ4v) is 5.31. The molecule has 6 nitrogen and oxygen atoms in total. The summed E-state index contributed by atoms with van der Waals surface area (Å²) in [7, 11) is 0. The van der Waals surface area contributed by atoms with Crippen LogP contribution in [-0.4, -0.2) is 41.1 Å². The Kier molecular flexibility index (Phi) is 4.81. The maximum atomic E-state index is 13.0. The van der Waals surface area contributed by atoms with Crippen LogP contribution in [0, 0.1) is 29.6 Å². The molecule has 0 aromatic heterocycles. The molecular weight excluding hydrogens is 358 g/mol.